The lowest BCUT2D eigenvalue weighted by Gasteiger charge is -2.35. The summed E-state index contributed by atoms with van der Waals surface area (Å²) >= 11 is 0. The molecule has 2 aliphatic heterocycles. The molecule has 0 aliphatic carbocycles. The molecule has 1 aromatic carbocycles. The largest absolute Gasteiger partial charge is 0.352 e. The van der Waals surface area contributed by atoms with Crippen molar-refractivity contribution in [2.45, 2.75) is 53.1 Å². The number of hydrogen-bond acceptors (Lipinski definition) is 3. The molecule has 5 heteroatoms. The summed E-state index contributed by atoms with van der Waals surface area (Å²) in [6.07, 6.45) is 2.84. The van der Waals surface area contributed by atoms with Crippen molar-refractivity contribution in [3.8, 4) is 0 Å². The number of carbonyl (C=O) groups excluding carboxylic acids is 2. The van der Waals surface area contributed by atoms with Crippen LogP contribution in [0.2, 0.25) is 0 Å². The fourth-order valence-corrected chi connectivity index (χ4v) is 4.83. The lowest BCUT2D eigenvalue weighted by Crippen LogP contribution is -2.42. The van der Waals surface area contributed by atoms with Crippen LogP contribution in [0, 0.1) is 17.8 Å². The van der Waals surface area contributed by atoms with Crippen molar-refractivity contribution in [2.75, 3.05) is 26.2 Å². The molecule has 3 rings (SSSR count). The fraction of sp³-hybridized carbons (Fsp3) is 0.652. The molecule has 0 radical (unpaired) electrons. The van der Waals surface area contributed by atoms with Gasteiger partial charge in [0.2, 0.25) is 11.8 Å². The minimum absolute atomic E-state index is 0.0200. The average Bonchev–Trinajstić information content (AvgIpc) is 2.66. The smallest absolute Gasteiger partial charge is 0.223 e. The van der Waals surface area contributed by atoms with Gasteiger partial charge in [0.25, 0.3) is 0 Å². The van der Waals surface area contributed by atoms with Crippen LogP contribution in [0.3, 0.4) is 0 Å². The maximum atomic E-state index is 12.6. The Morgan fingerprint density at radius 1 is 1.04 bits per heavy atom. The Bertz CT molecular complexity index is 672. The maximum Gasteiger partial charge on any atom is 0.223 e. The molecule has 1 aromatic rings. The summed E-state index contributed by atoms with van der Waals surface area (Å²) in [5.41, 5.74) is 2.53. The van der Waals surface area contributed by atoms with Crippen molar-refractivity contribution in [1.82, 2.24) is 15.1 Å². The van der Waals surface area contributed by atoms with Gasteiger partial charge in [-0.05, 0) is 42.2 Å². The Morgan fingerprint density at radius 2 is 1.64 bits per heavy atom. The summed E-state index contributed by atoms with van der Waals surface area (Å²) < 4.78 is 0. The number of nitrogens with zero attached hydrogens (tertiary/aromatic N) is 2. The summed E-state index contributed by atoms with van der Waals surface area (Å²) in [6.45, 7) is 11.5. The Morgan fingerprint density at radius 3 is 2.25 bits per heavy atom. The minimum Gasteiger partial charge on any atom is -0.352 e. The molecule has 5 nitrogen and oxygen atoms in total. The first kappa shape index (κ1) is 20.8. The highest BCUT2D eigenvalue weighted by Gasteiger charge is 2.26. The molecule has 0 unspecified atom stereocenters. The van der Waals surface area contributed by atoms with Gasteiger partial charge in [0, 0.05) is 52.1 Å². The second-order valence-electron chi connectivity index (χ2n) is 8.91. The fourth-order valence-electron chi connectivity index (χ4n) is 4.83. The van der Waals surface area contributed by atoms with Gasteiger partial charge in [-0.3, -0.25) is 14.5 Å². The van der Waals surface area contributed by atoms with Gasteiger partial charge in [0.1, 0.15) is 0 Å². The third-order valence-electron chi connectivity index (χ3n) is 6.22. The van der Waals surface area contributed by atoms with Crippen LogP contribution in [0.15, 0.2) is 24.3 Å². The SMILES string of the molecule is CC(=O)N1CCC(C(=O)NCc2ccccc2CN2C[C@@H](C)C[C@H](C)C2)CC1. The number of benzene rings is 1. The van der Waals surface area contributed by atoms with Crippen LogP contribution in [0.4, 0.5) is 0 Å². The minimum atomic E-state index is 0.0200. The first-order valence-electron chi connectivity index (χ1n) is 10.7. The summed E-state index contributed by atoms with van der Waals surface area (Å²) in [7, 11) is 0. The third kappa shape index (κ3) is 5.57. The van der Waals surface area contributed by atoms with Gasteiger partial charge in [-0.25, -0.2) is 0 Å². The number of likely N-dealkylation sites (tertiary alicyclic amines) is 2. The van der Waals surface area contributed by atoms with Crippen LogP contribution in [0.25, 0.3) is 0 Å². The summed E-state index contributed by atoms with van der Waals surface area (Å²) in [5, 5.41) is 3.15. The van der Waals surface area contributed by atoms with Crippen LogP contribution in [-0.2, 0) is 22.7 Å². The summed E-state index contributed by atoms with van der Waals surface area (Å²) in [4.78, 5) is 28.4. The Kier molecular flexibility index (Phi) is 7.11. The molecule has 2 atom stereocenters. The molecule has 2 fully saturated rings. The zero-order valence-electron chi connectivity index (χ0n) is 17.6. The van der Waals surface area contributed by atoms with Gasteiger partial charge in [-0.1, -0.05) is 38.1 Å². The molecule has 0 aromatic heterocycles. The van der Waals surface area contributed by atoms with Gasteiger partial charge < -0.3 is 10.2 Å². The lowest BCUT2D eigenvalue weighted by molar-refractivity contribution is -0.134. The molecular formula is C23H35N3O2. The molecule has 2 saturated heterocycles. The number of hydrogen-bond donors (Lipinski definition) is 1. The van der Waals surface area contributed by atoms with E-state index in [9.17, 15) is 9.59 Å². The van der Waals surface area contributed by atoms with Crippen LogP contribution in [0.5, 0.6) is 0 Å². The van der Waals surface area contributed by atoms with E-state index >= 15 is 0 Å². The highest BCUT2D eigenvalue weighted by molar-refractivity contribution is 5.79. The number of amides is 2. The van der Waals surface area contributed by atoms with E-state index in [2.05, 4.69) is 48.3 Å². The topological polar surface area (TPSA) is 52.7 Å². The summed E-state index contributed by atoms with van der Waals surface area (Å²) in [6, 6.07) is 8.47. The van der Waals surface area contributed by atoms with E-state index in [4.69, 9.17) is 0 Å². The molecule has 1 N–H and O–H groups in total. The van der Waals surface area contributed by atoms with Crippen molar-refractivity contribution in [1.29, 1.82) is 0 Å². The van der Waals surface area contributed by atoms with Gasteiger partial charge in [-0.2, -0.15) is 0 Å². The van der Waals surface area contributed by atoms with E-state index in [0.717, 1.165) is 44.3 Å². The highest BCUT2D eigenvalue weighted by Crippen LogP contribution is 2.23. The van der Waals surface area contributed by atoms with Gasteiger partial charge in [0.15, 0.2) is 0 Å². The normalized spacial score (nSPS) is 24.2. The van der Waals surface area contributed by atoms with Crippen molar-refractivity contribution in [3.63, 3.8) is 0 Å². The second kappa shape index (κ2) is 9.55. The van der Waals surface area contributed by atoms with Crippen molar-refractivity contribution >= 4 is 11.8 Å². The van der Waals surface area contributed by atoms with Crippen molar-refractivity contribution < 1.29 is 9.59 Å². The zero-order chi connectivity index (χ0) is 20.1. The highest BCUT2D eigenvalue weighted by atomic mass is 16.2. The summed E-state index contributed by atoms with van der Waals surface area (Å²) in [5.74, 6) is 1.74. The first-order chi connectivity index (χ1) is 13.4. The van der Waals surface area contributed by atoms with Gasteiger partial charge in [0.05, 0.1) is 0 Å². The maximum absolute atomic E-state index is 12.6. The van der Waals surface area contributed by atoms with E-state index in [1.54, 1.807) is 6.92 Å². The Labute approximate surface area is 169 Å². The predicted octanol–water partition coefficient (Wildman–Crippen LogP) is 3.04. The van der Waals surface area contributed by atoms with E-state index in [-0.39, 0.29) is 17.7 Å². The standard InChI is InChI=1S/C23H35N3O2/c1-17-12-18(2)15-25(14-17)16-22-7-5-4-6-21(22)13-24-23(28)20-8-10-26(11-9-20)19(3)27/h4-7,17-18,20H,8-16H2,1-3H3,(H,24,28)/t17-,18-/m0/s1. The van der Waals surface area contributed by atoms with Crippen LogP contribution < -0.4 is 5.32 Å². The Balaban J connectivity index is 1.53. The quantitative estimate of drug-likeness (QED) is 0.848. The monoisotopic (exact) mass is 385 g/mol. The zero-order valence-corrected chi connectivity index (χ0v) is 17.6. The van der Waals surface area contributed by atoms with E-state index in [0.29, 0.717) is 19.6 Å². The molecule has 2 heterocycles. The first-order valence-corrected chi connectivity index (χ1v) is 10.7. The van der Waals surface area contributed by atoms with Crippen LogP contribution >= 0.6 is 0 Å². The van der Waals surface area contributed by atoms with Crippen molar-refractivity contribution in [2.24, 2.45) is 17.8 Å². The average molecular weight is 386 g/mol. The molecule has 28 heavy (non-hydrogen) atoms. The predicted molar refractivity (Wildman–Crippen MR) is 111 cm³/mol. The number of rotatable bonds is 5. The molecule has 0 spiro atoms. The molecule has 0 saturated carbocycles. The van der Waals surface area contributed by atoms with E-state index in [1.807, 2.05) is 4.90 Å². The molecule has 2 aliphatic rings. The molecule has 0 bridgehead atoms. The Hall–Kier alpha value is -1.88. The molecular weight excluding hydrogens is 350 g/mol. The van der Waals surface area contributed by atoms with Crippen molar-refractivity contribution in [3.05, 3.63) is 35.4 Å². The second-order valence-corrected chi connectivity index (χ2v) is 8.91. The molecule has 2 amide bonds. The number of carbonyl (C=O) groups is 2. The molecule has 154 valence electrons. The van der Waals surface area contributed by atoms with Gasteiger partial charge in [-0.15, -0.1) is 0 Å². The van der Waals surface area contributed by atoms with Crippen LogP contribution in [0.1, 0.15) is 51.2 Å². The van der Waals surface area contributed by atoms with Gasteiger partial charge >= 0.3 is 0 Å². The number of nitrogens with one attached hydrogen (secondary N) is 1. The van der Waals surface area contributed by atoms with E-state index < -0.39 is 0 Å². The third-order valence-corrected chi connectivity index (χ3v) is 6.22. The number of piperidine rings is 2. The lowest BCUT2D eigenvalue weighted by atomic mass is 9.91. The van der Waals surface area contributed by atoms with Crippen LogP contribution in [-0.4, -0.2) is 47.8 Å². The van der Waals surface area contributed by atoms with E-state index in [1.165, 1.54) is 17.5 Å².